The van der Waals surface area contributed by atoms with Crippen LogP contribution in [0, 0.1) is 13.8 Å². The van der Waals surface area contributed by atoms with Gasteiger partial charge in [0.15, 0.2) is 5.96 Å². The summed E-state index contributed by atoms with van der Waals surface area (Å²) in [6.07, 6.45) is 1.03. The molecule has 0 radical (unpaired) electrons. The van der Waals surface area contributed by atoms with E-state index in [2.05, 4.69) is 29.3 Å². The molecule has 0 saturated heterocycles. The number of aryl methyl sites for hydroxylation is 2. The molecule has 1 aromatic heterocycles. The van der Waals surface area contributed by atoms with Crippen LogP contribution in [0.25, 0.3) is 0 Å². The van der Waals surface area contributed by atoms with Crippen LogP contribution in [0.1, 0.15) is 37.2 Å². The summed E-state index contributed by atoms with van der Waals surface area (Å²) in [6.45, 7) is 8.82. The molecule has 3 N–H and O–H groups in total. The Bertz CT molecular complexity index is 411. The van der Waals surface area contributed by atoms with E-state index in [0.29, 0.717) is 18.5 Å². The van der Waals surface area contributed by atoms with Gasteiger partial charge in [0.1, 0.15) is 0 Å². The van der Waals surface area contributed by atoms with E-state index in [1.165, 1.54) is 0 Å². The van der Waals surface area contributed by atoms with Gasteiger partial charge in [-0.15, -0.1) is 24.0 Å². The van der Waals surface area contributed by atoms with E-state index < -0.39 is 0 Å². The first-order valence-corrected chi connectivity index (χ1v) is 6.01. The fourth-order valence-corrected chi connectivity index (χ4v) is 1.61. The maximum absolute atomic E-state index is 5.82. The maximum atomic E-state index is 5.82. The molecule has 6 heteroatoms. The van der Waals surface area contributed by atoms with Crippen LogP contribution in [0.3, 0.4) is 0 Å². The van der Waals surface area contributed by atoms with Crippen LogP contribution < -0.4 is 11.1 Å². The van der Waals surface area contributed by atoms with Gasteiger partial charge in [-0.3, -0.25) is 4.68 Å². The normalized spacial score (nSPS) is 13.1. The zero-order chi connectivity index (χ0) is 13.0. The highest BCUT2D eigenvalue weighted by molar-refractivity contribution is 14.0. The van der Waals surface area contributed by atoms with Crippen LogP contribution in [0.4, 0.5) is 0 Å². The third-order valence-electron chi connectivity index (χ3n) is 3.07. The topological polar surface area (TPSA) is 68.2 Å². The third-order valence-corrected chi connectivity index (χ3v) is 3.07. The molecule has 104 valence electrons. The first-order valence-electron chi connectivity index (χ1n) is 6.01. The number of halogens is 1. The SMILES string of the molecule is CCC(C)NC(N)=NCc1c(C)nn(C)c1C.I. The molecule has 0 saturated carbocycles. The minimum atomic E-state index is 0. The lowest BCUT2D eigenvalue weighted by Crippen LogP contribution is -2.38. The van der Waals surface area contributed by atoms with E-state index in [1.807, 2.05) is 25.6 Å². The third kappa shape index (κ3) is 4.47. The Labute approximate surface area is 126 Å². The lowest BCUT2D eigenvalue weighted by atomic mass is 10.2. The summed E-state index contributed by atoms with van der Waals surface area (Å²) in [7, 11) is 1.94. The molecular formula is C12H24IN5. The number of guanidine groups is 1. The molecule has 1 atom stereocenters. The number of rotatable bonds is 4. The summed E-state index contributed by atoms with van der Waals surface area (Å²) < 4.78 is 1.87. The zero-order valence-corrected chi connectivity index (χ0v) is 14.1. The molecule has 5 nitrogen and oxygen atoms in total. The van der Waals surface area contributed by atoms with Gasteiger partial charge in [-0.25, -0.2) is 4.99 Å². The number of hydrogen-bond donors (Lipinski definition) is 2. The Balaban J connectivity index is 0.00000289. The Morgan fingerprint density at radius 1 is 1.50 bits per heavy atom. The second kappa shape index (κ2) is 7.60. The van der Waals surface area contributed by atoms with Gasteiger partial charge in [0.05, 0.1) is 12.2 Å². The Morgan fingerprint density at radius 3 is 2.56 bits per heavy atom. The van der Waals surface area contributed by atoms with Crippen molar-refractivity contribution in [2.45, 2.75) is 46.7 Å². The van der Waals surface area contributed by atoms with Crippen LogP contribution in [0.2, 0.25) is 0 Å². The van der Waals surface area contributed by atoms with Crippen LogP contribution in [0.15, 0.2) is 4.99 Å². The van der Waals surface area contributed by atoms with Crippen molar-refractivity contribution in [1.82, 2.24) is 15.1 Å². The standard InChI is InChI=1S/C12H23N5.HI/c1-6-8(2)15-12(13)14-7-11-9(3)16-17(5)10(11)4;/h8H,6-7H2,1-5H3,(H3,13,14,15);1H. The second-order valence-corrected chi connectivity index (χ2v) is 4.43. The molecular weight excluding hydrogens is 341 g/mol. The van der Waals surface area contributed by atoms with E-state index in [4.69, 9.17) is 5.73 Å². The fraction of sp³-hybridized carbons (Fsp3) is 0.667. The zero-order valence-electron chi connectivity index (χ0n) is 11.8. The Hall–Kier alpha value is -0.790. The molecule has 0 aliphatic heterocycles. The molecule has 0 bridgehead atoms. The van der Waals surface area contributed by atoms with Crippen LogP contribution in [-0.4, -0.2) is 21.8 Å². The molecule has 18 heavy (non-hydrogen) atoms. The molecule has 1 aromatic rings. The largest absolute Gasteiger partial charge is 0.370 e. The van der Waals surface area contributed by atoms with Crippen LogP contribution in [-0.2, 0) is 13.6 Å². The van der Waals surface area contributed by atoms with Crippen LogP contribution in [0.5, 0.6) is 0 Å². The van der Waals surface area contributed by atoms with Crippen molar-refractivity contribution in [3.63, 3.8) is 0 Å². The maximum Gasteiger partial charge on any atom is 0.189 e. The molecule has 1 heterocycles. The van der Waals surface area contributed by atoms with E-state index in [1.54, 1.807) is 0 Å². The number of nitrogens with two attached hydrogens (primary N) is 1. The van der Waals surface area contributed by atoms with Crippen molar-refractivity contribution in [2.24, 2.45) is 17.8 Å². The van der Waals surface area contributed by atoms with Gasteiger partial charge < -0.3 is 11.1 Å². The summed E-state index contributed by atoms with van der Waals surface area (Å²) in [5.41, 5.74) is 9.13. The Kier molecular flexibility index (Phi) is 7.27. The minimum absolute atomic E-state index is 0. The molecule has 0 aliphatic carbocycles. The van der Waals surface area contributed by atoms with Gasteiger partial charge in [-0.05, 0) is 27.2 Å². The van der Waals surface area contributed by atoms with Crippen molar-refractivity contribution in [1.29, 1.82) is 0 Å². The van der Waals surface area contributed by atoms with Gasteiger partial charge in [0, 0.05) is 24.3 Å². The van der Waals surface area contributed by atoms with Crippen molar-refractivity contribution in [3.05, 3.63) is 17.0 Å². The van der Waals surface area contributed by atoms with Crippen LogP contribution >= 0.6 is 24.0 Å². The van der Waals surface area contributed by atoms with Gasteiger partial charge in [-0.2, -0.15) is 5.10 Å². The summed E-state index contributed by atoms with van der Waals surface area (Å²) in [6, 6.07) is 0.356. The molecule has 0 fully saturated rings. The highest BCUT2D eigenvalue weighted by Gasteiger charge is 2.08. The number of nitrogens with zero attached hydrogens (tertiary/aromatic N) is 3. The molecule has 0 spiro atoms. The average molecular weight is 365 g/mol. The highest BCUT2D eigenvalue weighted by Crippen LogP contribution is 2.12. The van der Waals surface area contributed by atoms with Gasteiger partial charge in [-0.1, -0.05) is 6.92 Å². The summed E-state index contributed by atoms with van der Waals surface area (Å²) in [5, 5.41) is 7.50. The Morgan fingerprint density at radius 2 is 2.11 bits per heavy atom. The summed E-state index contributed by atoms with van der Waals surface area (Å²) in [4.78, 5) is 4.35. The van der Waals surface area contributed by atoms with E-state index in [-0.39, 0.29) is 24.0 Å². The first-order chi connectivity index (χ1) is 7.95. The lowest BCUT2D eigenvalue weighted by Gasteiger charge is -2.11. The molecule has 0 aliphatic rings. The van der Waals surface area contributed by atoms with E-state index in [0.717, 1.165) is 23.4 Å². The second-order valence-electron chi connectivity index (χ2n) is 4.43. The van der Waals surface area contributed by atoms with Crippen molar-refractivity contribution < 1.29 is 0 Å². The number of aromatic nitrogens is 2. The predicted molar refractivity (Wildman–Crippen MR) is 86.3 cm³/mol. The highest BCUT2D eigenvalue weighted by atomic mass is 127. The fourth-order valence-electron chi connectivity index (χ4n) is 1.61. The number of aliphatic imine (C=N–C) groups is 1. The molecule has 1 rings (SSSR count). The van der Waals surface area contributed by atoms with Gasteiger partial charge >= 0.3 is 0 Å². The molecule has 0 aromatic carbocycles. The summed E-state index contributed by atoms with van der Waals surface area (Å²) >= 11 is 0. The van der Waals surface area contributed by atoms with E-state index in [9.17, 15) is 0 Å². The predicted octanol–water partition coefficient (Wildman–Crippen LogP) is 1.86. The molecule has 1 unspecified atom stereocenters. The number of hydrogen-bond acceptors (Lipinski definition) is 2. The number of nitrogens with one attached hydrogen (secondary N) is 1. The first kappa shape index (κ1) is 17.2. The average Bonchev–Trinajstić information content (AvgIpc) is 2.51. The minimum Gasteiger partial charge on any atom is -0.370 e. The van der Waals surface area contributed by atoms with Gasteiger partial charge in [0.25, 0.3) is 0 Å². The van der Waals surface area contributed by atoms with Gasteiger partial charge in [0.2, 0.25) is 0 Å². The van der Waals surface area contributed by atoms with Crippen molar-refractivity contribution in [3.8, 4) is 0 Å². The molecule has 0 amide bonds. The van der Waals surface area contributed by atoms with Crippen molar-refractivity contribution in [2.75, 3.05) is 0 Å². The van der Waals surface area contributed by atoms with Crippen molar-refractivity contribution >= 4 is 29.9 Å². The van der Waals surface area contributed by atoms with E-state index >= 15 is 0 Å². The smallest absolute Gasteiger partial charge is 0.189 e. The quantitative estimate of drug-likeness (QED) is 0.486. The summed E-state index contributed by atoms with van der Waals surface area (Å²) in [5.74, 6) is 0.502. The lowest BCUT2D eigenvalue weighted by molar-refractivity contribution is 0.636. The monoisotopic (exact) mass is 365 g/mol.